The summed E-state index contributed by atoms with van der Waals surface area (Å²) in [6, 6.07) is 6.30. The zero-order valence-electron chi connectivity index (χ0n) is 16.4. The number of ether oxygens (including phenoxy) is 2. The fraction of sp³-hybridized carbons (Fsp3) is 0.474. The zero-order valence-corrected chi connectivity index (χ0v) is 16.4. The zero-order chi connectivity index (χ0) is 21.1. The molecule has 9 nitrogen and oxygen atoms in total. The highest BCUT2D eigenvalue weighted by Crippen LogP contribution is 2.04. The average Bonchev–Trinajstić information content (AvgIpc) is 2.66. The standard InChI is InChI=1S/C19H27N3O6/c1-4-27-19(26)13(3)21-18(25)15(22-17(24)12(2)20)10-16(23)28-11-14-8-6-5-7-9-14/h5-9,12-13,15H,4,10-11,20H2,1-3H3,(H,21,25)(H,22,24)/p+1/t12-,13-,15+/m1/s1. The molecule has 154 valence electrons. The van der Waals surface area contributed by atoms with Crippen molar-refractivity contribution in [2.45, 2.75) is 51.9 Å². The molecule has 1 rings (SSSR count). The Labute approximate surface area is 163 Å². The fourth-order valence-corrected chi connectivity index (χ4v) is 2.13. The van der Waals surface area contributed by atoms with Crippen LogP contribution in [0.5, 0.6) is 0 Å². The van der Waals surface area contributed by atoms with Crippen LogP contribution in [-0.4, -0.2) is 48.5 Å². The molecule has 1 aromatic carbocycles. The van der Waals surface area contributed by atoms with Crippen LogP contribution >= 0.6 is 0 Å². The topological polar surface area (TPSA) is 138 Å². The second kappa shape index (κ2) is 11.7. The molecule has 0 bridgehead atoms. The molecule has 0 radical (unpaired) electrons. The van der Waals surface area contributed by atoms with Crippen LogP contribution < -0.4 is 16.4 Å². The van der Waals surface area contributed by atoms with Crippen molar-refractivity contribution in [2.24, 2.45) is 0 Å². The van der Waals surface area contributed by atoms with Gasteiger partial charge in [0.15, 0.2) is 6.04 Å². The molecule has 0 spiro atoms. The van der Waals surface area contributed by atoms with E-state index in [1.807, 2.05) is 18.2 Å². The maximum absolute atomic E-state index is 12.5. The molecule has 1 aromatic rings. The summed E-state index contributed by atoms with van der Waals surface area (Å²) in [7, 11) is 0. The van der Waals surface area contributed by atoms with Gasteiger partial charge in [-0.3, -0.25) is 14.4 Å². The first kappa shape index (κ1) is 23.1. The molecule has 0 saturated carbocycles. The minimum absolute atomic E-state index is 0.0485. The molecule has 0 saturated heterocycles. The lowest BCUT2D eigenvalue weighted by molar-refractivity contribution is -0.398. The summed E-state index contributed by atoms with van der Waals surface area (Å²) in [5.41, 5.74) is 4.38. The number of hydrogen-bond donors (Lipinski definition) is 3. The average molecular weight is 394 g/mol. The molecule has 0 fully saturated rings. The molecule has 3 atom stereocenters. The number of amides is 2. The summed E-state index contributed by atoms with van der Waals surface area (Å²) in [6.45, 7) is 4.87. The summed E-state index contributed by atoms with van der Waals surface area (Å²) in [4.78, 5) is 48.2. The highest BCUT2D eigenvalue weighted by atomic mass is 16.5. The highest BCUT2D eigenvalue weighted by Gasteiger charge is 2.29. The summed E-state index contributed by atoms with van der Waals surface area (Å²) in [5, 5.41) is 4.89. The lowest BCUT2D eigenvalue weighted by Gasteiger charge is -2.20. The van der Waals surface area contributed by atoms with Gasteiger partial charge in [-0.05, 0) is 26.3 Å². The number of benzene rings is 1. The van der Waals surface area contributed by atoms with E-state index in [9.17, 15) is 19.2 Å². The first-order valence-electron chi connectivity index (χ1n) is 9.04. The van der Waals surface area contributed by atoms with E-state index in [2.05, 4.69) is 16.4 Å². The normalized spacial score (nSPS) is 13.6. The van der Waals surface area contributed by atoms with E-state index in [1.54, 1.807) is 26.0 Å². The maximum Gasteiger partial charge on any atom is 0.328 e. The molecule has 0 aromatic heterocycles. The van der Waals surface area contributed by atoms with Crippen LogP contribution in [0.15, 0.2) is 30.3 Å². The van der Waals surface area contributed by atoms with E-state index in [4.69, 9.17) is 9.47 Å². The van der Waals surface area contributed by atoms with Gasteiger partial charge >= 0.3 is 11.9 Å². The third kappa shape index (κ3) is 8.17. The van der Waals surface area contributed by atoms with Crippen LogP contribution in [0.25, 0.3) is 0 Å². The van der Waals surface area contributed by atoms with Crippen LogP contribution in [0, 0.1) is 0 Å². The van der Waals surface area contributed by atoms with Gasteiger partial charge in [0.25, 0.3) is 5.91 Å². The van der Waals surface area contributed by atoms with Crippen molar-refractivity contribution in [3.05, 3.63) is 35.9 Å². The summed E-state index contributed by atoms with van der Waals surface area (Å²) in [6.07, 6.45) is -0.382. The van der Waals surface area contributed by atoms with Gasteiger partial charge in [-0.15, -0.1) is 0 Å². The summed E-state index contributed by atoms with van der Waals surface area (Å²) in [5.74, 6) is -2.46. The van der Waals surface area contributed by atoms with Crippen molar-refractivity contribution < 1.29 is 34.4 Å². The van der Waals surface area contributed by atoms with Gasteiger partial charge in [0.2, 0.25) is 5.91 Å². The largest absolute Gasteiger partial charge is 0.464 e. The number of esters is 2. The molecule has 0 aliphatic rings. The lowest BCUT2D eigenvalue weighted by Crippen LogP contribution is -2.67. The molecule has 9 heteroatoms. The van der Waals surface area contributed by atoms with Crippen LogP contribution in [0.1, 0.15) is 32.8 Å². The second-order valence-electron chi connectivity index (χ2n) is 6.29. The molecule has 0 aliphatic carbocycles. The Bertz CT molecular complexity index is 678. The molecule has 0 aliphatic heterocycles. The first-order valence-corrected chi connectivity index (χ1v) is 9.04. The third-order valence-corrected chi connectivity index (χ3v) is 3.69. The number of rotatable bonds is 10. The highest BCUT2D eigenvalue weighted by molar-refractivity contribution is 5.93. The van der Waals surface area contributed by atoms with Gasteiger partial charge in [0, 0.05) is 0 Å². The SMILES string of the molecule is CCOC(=O)[C@@H](C)NC(=O)[C@H](CC(=O)OCc1ccccc1)NC(=O)[C@@H](C)[NH3+]. The van der Waals surface area contributed by atoms with Crippen molar-refractivity contribution in [1.29, 1.82) is 0 Å². The van der Waals surface area contributed by atoms with Crippen molar-refractivity contribution in [1.82, 2.24) is 10.6 Å². The molecule has 5 N–H and O–H groups in total. The van der Waals surface area contributed by atoms with Gasteiger partial charge in [-0.1, -0.05) is 30.3 Å². The smallest absolute Gasteiger partial charge is 0.328 e. The number of hydrogen-bond acceptors (Lipinski definition) is 6. The van der Waals surface area contributed by atoms with E-state index in [1.165, 1.54) is 6.92 Å². The van der Waals surface area contributed by atoms with Crippen LogP contribution in [0.4, 0.5) is 0 Å². The van der Waals surface area contributed by atoms with Gasteiger partial charge in [0.05, 0.1) is 13.0 Å². The minimum Gasteiger partial charge on any atom is -0.464 e. The van der Waals surface area contributed by atoms with Gasteiger partial charge < -0.3 is 25.8 Å². The Morgan fingerprint density at radius 2 is 1.64 bits per heavy atom. The number of quaternary nitrogens is 1. The van der Waals surface area contributed by atoms with Gasteiger partial charge in [-0.2, -0.15) is 0 Å². The number of carbonyl (C=O) groups is 4. The predicted molar refractivity (Wildman–Crippen MR) is 99.4 cm³/mol. The maximum atomic E-state index is 12.5. The van der Waals surface area contributed by atoms with Gasteiger partial charge in [0.1, 0.15) is 18.7 Å². The quantitative estimate of drug-likeness (QED) is 0.449. The lowest BCUT2D eigenvalue weighted by atomic mass is 10.1. The Hall–Kier alpha value is -2.94. The second-order valence-corrected chi connectivity index (χ2v) is 6.29. The molecule has 28 heavy (non-hydrogen) atoms. The molecular formula is C19H28N3O6+. The minimum atomic E-state index is -1.20. The third-order valence-electron chi connectivity index (χ3n) is 3.69. The Morgan fingerprint density at radius 3 is 2.21 bits per heavy atom. The van der Waals surface area contributed by atoms with E-state index in [-0.39, 0.29) is 19.6 Å². The molecular weight excluding hydrogens is 366 g/mol. The Morgan fingerprint density at radius 1 is 1.00 bits per heavy atom. The summed E-state index contributed by atoms with van der Waals surface area (Å²) >= 11 is 0. The van der Waals surface area contributed by atoms with E-state index >= 15 is 0 Å². The fourth-order valence-electron chi connectivity index (χ4n) is 2.13. The number of carbonyl (C=O) groups excluding carboxylic acids is 4. The Balaban J connectivity index is 2.72. The van der Waals surface area contributed by atoms with Crippen LogP contribution in [-0.2, 0) is 35.3 Å². The molecule has 0 unspecified atom stereocenters. The van der Waals surface area contributed by atoms with E-state index < -0.39 is 41.9 Å². The monoisotopic (exact) mass is 394 g/mol. The molecule has 2 amide bonds. The van der Waals surface area contributed by atoms with Crippen molar-refractivity contribution in [2.75, 3.05) is 6.61 Å². The van der Waals surface area contributed by atoms with Crippen LogP contribution in [0.2, 0.25) is 0 Å². The first-order chi connectivity index (χ1) is 13.2. The van der Waals surface area contributed by atoms with Gasteiger partial charge in [-0.25, -0.2) is 4.79 Å². The number of nitrogens with one attached hydrogen (secondary N) is 2. The predicted octanol–water partition coefficient (Wildman–Crippen LogP) is -0.697. The van der Waals surface area contributed by atoms with Crippen LogP contribution in [0.3, 0.4) is 0 Å². The van der Waals surface area contributed by atoms with E-state index in [0.29, 0.717) is 0 Å². The van der Waals surface area contributed by atoms with Crippen molar-refractivity contribution >= 4 is 23.8 Å². The van der Waals surface area contributed by atoms with Crippen molar-refractivity contribution in [3.8, 4) is 0 Å². The Kier molecular flexibility index (Phi) is 9.66. The molecule has 0 heterocycles. The van der Waals surface area contributed by atoms with Crippen molar-refractivity contribution in [3.63, 3.8) is 0 Å². The summed E-state index contributed by atoms with van der Waals surface area (Å²) < 4.78 is 9.99. The van der Waals surface area contributed by atoms with E-state index in [0.717, 1.165) is 5.56 Å².